The Morgan fingerprint density at radius 3 is 2.52 bits per heavy atom. The third kappa shape index (κ3) is 3.60. The van der Waals surface area contributed by atoms with Crippen LogP contribution in [0, 0.1) is 0 Å². The molecule has 0 saturated heterocycles. The van der Waals surface area contributed by atoms with Crippen LogP contribution in [0.15, 0.2) is 24.4 Å². The van der Waals surface area contributed by atoms with E-state index < -0.39 is 17.8 Å². The van der Waals surface area contributed by atoms with Crippen LogP contribution in [0.4, 0.5) is 13.2 Å². The maximum atomic E-state index is 12.5. The van der Waals surface area contributed by atoms with Gasteiger partial charge in [-0.25, -0.2) is 0 Å². The van der Waals surface area contributed by atoms with Gasteiger partial charge in [0.05, 0.1) is 23.0 Å². The normalized spacial score (nSPS) is 13.4. The molecule has 2 aromatic rings. The Kier molecular flexibility index (Phi) is 4.32. The minimum atomic E-state index is -4.38. The maximum absolute atomic E-state index is 12.5. The molecular formula is C14H17F3N4. The van der Waals surface area contributed by atoms with Crippen molar-refractivity contribution in [1.82, 2.24) is 14.8 Å². The summed E-state index contributed by atoms with van der Waals surface area (Å²) in [5.41, 5.74) is 7.57. The molecule has 2 N–H and O–H groups in total. The molecular weight excluding hydrogens is 281 g/mol. The number of rotatable bonds is 4. The molecule has 2 heterocycles. The summed E-state index contributed by atoms with van der Waals surface area (Å²) in [5.74, 6) is 0. The summed E-state index contributed by atoms with van der Waals surface area (Å²) in [7, 11) is 1.82. The predicted molar refractivity (Wildman–Crippen MR) is 72.5 cm³/mol. The number of nitrogens with two attached hydrogens (primary N) is 1. The molecule has 4 nitrogen and oxygen atoms in total. The monoisotopic (exact) mass is 298 g/mol. The fraction of sp³-hybridized carbons (Fsp3) is 0.429. The van der Waals surface area contributed by atoms with Crippen LogP contribution in [-0.2, 0) is 26.1 Å². The molecule has 0 aliphatic carbocycles. The first-order valence-electron chi connectivity index (χ1n) is 6.61. The lowest BCUT2D eigenvalue weighted by molar-refractivity contribution is -0.137. The van der Waals surface area contributed by atoms with Gasteiger partial charge in [-0.05, 0) is 24.6 Å². The van der Waals surface area contributed by atoms with E-state index >= 15 is 0 Å². The van der Waals surface area contributed by atoms with Gasteiger partial charge in [-0.3, -0.25) is 9.67 Å². The molecule has 0 radical (unpaired) electrons. The number of alkyl halides is 3. The number of pyridine rings is 1. The Bertz CT molecular complexity index is 602. The molecule has 1 atom stereocenters. The number of hydrogen-bond acceptors (Lipinski definition) is 3. The smallest absolute Gasteiger partial charge is 0.322 e. The second-order valence-corrected chi connectivity index (χ2v) is 4.88. The number of nitrogens with zero attached hydrogens (tertiary/aromatic N) is 3. The van der Waals surface area contributed by atoms with Crippen molar-refractivity contribution in [3.63, 3.8) is 0 Å². The SMILES string of the molecule is CCc1cc(CC(N)c2ccc(C(F)(F)F)cn2)n(C)n1. The first-order chi connectivity index (χ1) is 9.81. The van der Waals surface area contributed by atoms with Gasteiger partial charge in [0.2, 0.25) is 0 Å². The Morgan fingerprint density at radius 1 is 1.33 bits per heavy atom. The van der Waals surface area contributed by atoms with Crippen molar-refractivity contribution in [2.24, 2.45) is 12.8 Å². The standard InChI is InChI=1S/C14H17F3N4/c1-3-10-6-11(21(2)20-10)7-12(18)13-5-4-9(8-19-13)14(15,16)17/h4-6,8,12H,3,7,18H2,1-2H3. The van der Waals surface area contributed by atoms with Crippen LogP contribution in [-0.4, -0.2) is 14.8 Å². The zero-order valence-corrected chi connectivity index (χ0v) is 11.9. The Balaban J connectivity index is 2.13. The summed E-state index contributed by atoms with van der Waals surface area (Å²) in [6.07, 6.45) is -2.27. The van der Waals surface area contributed by atoms with Gasteiger partial charge in [0, 0.05) is 25.4 Å². The highest BCUT2D eigenvalue weighted by molar-refractivity contribution is 5.20. The molecule has 0 amide bonds. The van der Waals surface area contributed by atoms with Gasteiger partial charge in [0.15, 0.2) is 0 Å². The van der Waals surface area contributed by atoms with E-state index in [9.17, 15) is 13.2 Å². The average Bonchev–Trinajstić information content (AvgIpc) is 2.78. The van der Waals surface area contributed by atoms with Gasteiger partial charge in [-0.15, -0.1) is 0 Å². The van der Waals surface area contributed by atoms with Crippen molar-refractivity contribution in [2.75, 3.05) is 0 Å². The van der Waals surface area contributed by atoms with Crippen LogP contribution in [0.2, 0.25) is 0 Å². The molecule has 0 bridgehead atoms. The Morgan fingerprint density at radius 2 is 2.05 bits per heavy atom. The number of hydrogen-bond donors (Lipinski definition) is 1. The van der Waals surface area contributed by atoms with E-state index in [1.165, 1.54) is 6.07 Å². The summed E-state index contributed by atoms with van der Waals surface area (Å²) in [5, 5.41) is 4.31. The van der Waals surface area contributed by atoms with Crippen molar-refractivity contribution in [3.05, 3.63) is 47.0 Å². The molecule has 1 unspecified atom stereocenters. The van der Waals surface area contributed by atoms with E-state index in [0.29, 0.717) is 12.1 Å². The van der Waals surface area contributed by atoms with Crippen LogP contribution in [0.3, 0.4) is 0 Å². The molecule has 2 aromatic heterocycles. The molecule has 21 heavy (non-hydrogen) atoms. The molecule has 114 valence electrons. The van der Waals surface area contributed by atoms with E-state index in [1.54, 1.807) is 4.68 Å². The molecule has 0 fully saturated rings. The van der Waals surface area contributed by atoms with E-state index in [1.807, 2.05) is 20.0 Å². The summed E-state index contributed by atoms with van der Waals surface area (Å²) in [4.78, 5) is 3.82. The minimum Gasteiger partial charge on any atom is -0.322 e. The van der Waals surface area contributed by atoms with E-state index in [-0.39, 0.29) is 0 Å². The molecule has 0 saturated carbocycles. The van der Waals surface area contributed by atoms with Gasteiger partial charge in [0.25, 0.3) is 0 Å². The highest BCUT2D eigenvalue weighted by atomic mass is 19.4. The van der Waals surface area contributed by atoms with Crippen LogP contribution in [0.25, 0.3) is 0 Å². The van der Waals surface area contributed by atoms with Gasteiger partial charge in [-0.2, -0.15) is 18.3 Å². The van der Waals surface area contributed by atoms with Gasteiger partial charge < -0.3 is 5.73 Å². The second-order valence-electron chi connectivity index (χ2n) is 4.88. The Hall–Kier alpha value is -1.89. The average molecular weight is 298 g/mol. The minimum absolute atomic E-state index is 0.433. The molecule has 0 aliphatic rings. The molecule has 0 spiro atoms. The topological polar surface area (TPSA) is 56.7 Å². The van der Waals surface area contributed by atoms with Crippen molar-refractivity contribution in [3.8, 4) is 0 Å². The lowest BCUT2D eigenvalue weighted by Crippen LogP contribution is -2.17. The third-order valence-electron chi connectivity index (χ3n) is 3.31. The highest BCUT2D eigenvalue weighted by Gasteiger charge is 2.30. The van der Waals surface area contributed by atoms with Crippen molar-refractivity contribution in [1.29, 1.82) is 0 Å². The van der Waals surface area contributed by atoms with Crippen LogP contribution in [0.5, 0.6) is 0 Å². The van der Waals surface area contributed by atoms with Gasteiger partial charge in [0.1, 0.15) is 0 Å². The second kappa shape index (κ2) is 5.85. The zero-order valence-electron chi connectivity index (χ0n) is 11.9. The van der Waals surface area contributed by atoms with Crippen LogP contribution >= 0.6 is 0 Å². The van der Waals surface area contributed by atoms with Gasteiger partial charge in [-0.1, -0.05) is 6.92 Å². The lowest BCUT2D eigenvalue weighted by Gasteiger charge is -2.12. The zero-order chi connectivity index (χ0) is 15.6. The van der Waals surface area contributed by atoms with Crippen LogP contribution < -0.4 is 5.73 Å². The largest absolute Gasteiger partial charge is 0.417 e. The molecule has 0 aromatic carbocycles. The summed E-state index contributed by atoms with van der Waals surface area (Å²) < 4.78 is 39.2. The summed E-state index contributed by atoms with van der Waals surface area (Å²) >= 11 is 0. The van der Waals surface area contributed by atoms with E-state index in [2.05, 4.69) is 10.1 Å². The van der Waals surface area contributed by atoms with Gasteiger partial charge >= 0.3 is 6.18 Å². The van der Waals surface area contributed by atoms with Crippen molar-refractivity contribution < 1.29 is 13.2 Å². The molecule has 7 heteroatoms. The Labute approximate surface area is 120 Å². The first-order valence-corrected chi connectivity index (χ1v) is 6.61. The number of aromatic nitrogens is 3. The number of aryl methyl sites for hydroxylation is 2. The number of halogens is 3. The fourth-order valence-corrected chi connectivity index (χ4v) is 2.06. The third-order valence-corrected chi connectivity index (χ3v) is 3.31. The first kappa shape index (κ1) is 15.5. The highest BCUT2D eigenvalue weighted by Crippen LogP contribution is 2.29. The molecule has 2 rings (SSSR count). The summed E-state index contributed by atoms with van der Waals surface area (Å²) in [6, 6.07) is 3.81. The summed E-state index contributed by atoms with van der Waals surface area (Å²) in [6.45, 7) is 2.00. The predicted octanol–water partition coefficient (Wildman–Crippen LogP) is 2.64. The quantitative estimate of drug-likeness (QED) is 0.944. The van der Waals surface area contributed by atoms with Crippen molar-refractivity contribution >= 4 is 0 Å². The maximum Gasteiger partial charge on any atom is 0.417 e. The molecule has 0 aliphatic heterocycles. The fourth-order valence-electron chi connectivity index (χ4n) is 2.06. The van der Waals surface area contributed by atoms with E-state index in [0.717, 1.165) is 30.1 Å². The lowest BCUT2D eigenvalue weighted by atomic mass is 10.1. The van der Waals surface area contributed by atoms with Crippen LogP contribution in [0.1, 0.15) is 35.6 Å². The van der Waals surface area contributed by atoms with E-state index in [4.69, 9.17) is 5.73 Å². The van der Waals surface area contributed by atoms with Crippen molar-refractivity contribution in [2.45, 2.75) is 32.0 Å².